The van der Waals surface area contributed by atoms with Gasteiger partial charge >= 0.3 is 0 Å². The van der Waals surface area contributed by atoms with E-state index in [4.69, 9.17) is 42.9 Å². The zero-order valence-corrected chi connectivity index (χ0v) is 19.6. The van der Waals surface area contributed by atoms with Crippen LogP contribution >= 0.6 is 23.2 Å². The summed E-state index contributed by atoms with van der Waals surface area (Å²) in [7, 11) is 0. The minimum atomic E-state index is -0.439. The van der Waals surface area contributed by atoms with Gasteiger partial charge in [-0.15, -0.1) is 23.2 Å². The van der Waals surface area contributed by atoms with Gasteiger partial charge in [-0.25, -0.2) is 0 Å². The van der Waals surface area contributed by atoms with Crippen molar-refractivity contribution in [1.29, 1.82) is 0 Å². The molecule has 1 rings (SSSR count). The molecule has 0 aliphatic rings. The van der Waals surface area contributed by atoms with Gasteiger partial charge in [0.2, 0.25) is 11.8 Å². The lowest BCUT2D eigenvalue weighted by atomic mass is 10.0. The van der Waals surface area contributed by atoms with E-state index in [0.717, 1.165) is 0 Å². The molecule has 0 aliphatic carbocycles. The lowest BCUT2D eigenvalue weighted by Gasteiger charge is -2.11. The van der Waals surface area contributed by atoms with Crippen molar-refractivity contribution in [2.45, 2.75) is 12.8 Å². The van der Waals surface area contributed by atoms with E-state index in [2.05, 4.69) is 20.7 Å². The topological polar surface area (TPSA) is 152 Å². The summed E-state index contributed by atoms with van der Waals surface area (Å²) in [4.78, 5) is 38.3. The average Bonchev–Trinajstić information content (AvgIpc) is 2.81. The van der Waals surface area contributed by atoms with Crippen molar-refractivity contribution >= 4 is 52.2 Å². The number of halogens is 2. The standard InChI is InChI=1S/C20H27Cl2N5O6/c21-13-19(29)25-16-10-15(11-17(12-16)26-20(30)14-22)18(28)2-1-4-31-6-8-33-9-7-32-5-3-24-27-23/h10-12H,1-9,13-14H2,(H,25,29)(H,26,30). The first-order chi connectivity index (χ1) is 16.0. The third-order valence-electron chi connectivity index (χ3n) is 3.90. The van der Waals surface area contributed by atoms with Crippen LogP contribution in [0.1, 0.15) is 23.2 Å². The van der Waals surface area contributed by atoms with Gasteiger partial charge in [-0.3, -0.25) is 14.4 Å². The van der Waals surface area contributed by atoms with E-state index in [9.17, 15) is 14.4 Å². The number of carbonyl (C=O) groups is 3. The summed E-state index contributed by atoms with van der Waals surface area (Å²) < 4.78 is 16.0. The van der Waals surface area contributed by atoms with Crippen LogP contribution in [0.5, 0.6) is 0 Å². The maximum atomic E-state index is 12.6. The van der Waals surface area contributed by atoms with Crippen LogP contribution in [-0.2, 0) is 23.8 Å². The molecule has 0 atom stereocenters. The third-order valence-corrected chi connectivity index (χ3v) is 4.39. The second-order valence-electron chi connectivity index (χ2n) is 6.48. The molecule has 0 saturated heterocycles. The summed E-state index contributed by atoms with van der Waals surface area (Å²) in [6.07, 6.45) is 0.707. The number of azide groups is 1. The van der Waals surface area contributed by atoms with Crippen LogP contribution in [0, 0.1) is 0 Å². The second-order valence-corrected chi connectivity index (χ2v) is 7.02. The first-order valence-corrected chi connectivity index (χ1v) is 11.2. The lowest BCUT2D eigenvalue weighted by molar-refractivity contribution is -0.114. The van der Waals surface area contributed by atoms with Gasteiger partial charge in [-0.05, 0) is 30.2 Å². The van der Waals surface area contributed by atoms with Gasteiger partial charge in [0.25, 0.3) is 0 Å². The van der Waals surface area contributed by atoms with E-state index in [1.165, 1.54) is 18.2 Å². The van der Waals surface area contributed by atoms with Crippen molar-refractivity contribution < 1.29 is 28.6 Å². The van der Waals surface area contributed by atoms with Crippen molar-refractivity contribution in [2.24, 2.45) is 5.11 Å². The lowest BCUT2D eigenvalue weighted by Crippen LogP contribution is -2.16. The molecule has 0 unspecified atom stereocenters. The van der Waals surface area contributed by atoms with Crippen molar-refractivity contribution in [3.05, 3.63) is 34.2 Å². The number of anilines is 2. The molecule has 0 bridgehead atoms. The van der Waals surface area contributed by atoms with Gasteiger partial charge in [-0.2, -0.15) is 0 Å². The summed E-state index contributed by atoms with van der Waals surface area (Å²) in [5.74, 6) is -1.53. The Kier molecular flexibility index (Phi) is 15.7. The largest absolute Gasteiger partial charge is 0.379 e. The Morgan fingerprint density at radius 1 is 0.848 bits per heavy atom. The molecule has 13 heteroatoms. The number of nitrogens with zero attached hydrogens (tertiary/aromatic N) is 3. The Morgan fingerprint density at radius 2 is 1.36 bits per heavy atom. The fourth-order valence-corrected chi connectivity index (χ4v) is 2.63. The summed E-state index contributed by atoms with van der Waals surface area (Å²) >= 11 is 11.0. The SMILES string of the molecule is [N-]=[N+]=NCCOCCOCCOCCCC(=O)c1cc(NC(=O)CCl)cc(NC(=O)CCl)c1. The molecule has 2 N–H and O–H groups in total. The van der Waals surface area contributed by atoms with Crippen molar-refractivity contribution in [1.82, 2.24) is 0 Å². The van der Waals surface area contributed by atoms with Crippen LogP contribution in [0.3, 0.4) is 0 Å². The summed E-state index contributed by atoms with van der Waals surface area (Å²) in [5, 5.41) is 8.47. The van der Waals surface area contributed by atoms with Crippen LogP contribution in [0.2, 0.25) is 0 Å². The fourth-order valence-electron chi connectivity index (χ4n) is 2.49. The molecule has 1 aromatic rings. The van der Waals surface area contributed by atoms with E-state index in [0.29, 0.717) is 63.0 Å². The van der Waals surface area contributed by atoms with Crippen LogP contribution < -0.4 is 10.6 Å². The van der Waals surface area contributed by atoms with Gasteiger partial charge in [0.05, 0.1) is 33.0 Å². The number of rotatable bonds is 18. The quantitative estimate of drug-likeness (QED) is 0.0781. The zero-order chi connectivity index (χ0) is 24.3. The normalized spacial score (nSPS) is 10.4. The molecule has 0 aromatic heterocycles. The summed E-state index contributed by atoms with van der Waals surface area (Å²) in [6, 6.07) is 4.55. The van der Waals surface area contributed by atoms with E-state index in [1.54, 1.807) is 0 Å². The minimum Gasteiger partial charge on any atom is -0.379 e. The first kappa shape index (κ1) is 28.6. The smallest absolute Gasteiger partial charge is 0.239 e. The minimum absolute atomic E-state index is 0.170. The highest BCUT2D eigenvalue weighted by atomic mass is 35.5. The highest BCUT2D eigenvalue weighted by molar-refractivity contribution is 6.29. The highest BCUT2D eigenvalue weighted by Crippen LogP contribution is 2.21. The van der Waals surface area contributed by atoms with E-state index < -0.39 is 11.8 Å². The number of hydrogen-bond acceptors (Lipinski definition) is 7. The average molecular weight is 504 g/mol. The molecule has 182 valence electrons. The molecule has 11 nitrogen and oxygen atoms in total. The molecule has 2 amide bonds. The Labute approximate surface area is 201 Å². The Hall–Kier alpha value is -2.40. The zero-order valence-electron chi connectivity index (χ0n) is 18.1. The number of alkyl halides is 2. The van der Waals surface area contributed by atoms with Crippen molar-refractivity contribution in [3.8, 4) is 0 Å². The number of amides is 2. The third kappa shape index (κ3) is 13.7. The monoisotopic (exact) mass is 503 g/mol. The van der Waals surface area contributed by atoms with Gasteiger partial charge < -0.3 is 24.8 Å². The van der Waals surface area contributed by atoms with Crippen LogP contribution in [0.25, 0.3) is 10.4 Å². The Balaban J connectivity index is 2.36. The van der Waals surface area contributed by atoms with E-state index >= 15 is 0 Å². The maximum absolute atomic E-state index is 12.6. The predicted octanol–water partition coefficient (Wildman–Crippen LogP) is 3.36. The molecule has 0 aliphatic heterocycles. The van der Waals surface area contributed by atoms with Gasteiger partial charge in [0.15, 0.2) is 5.78 Å². The first-order valence-electron chi connectivity index (χ1n) is 10.1. The number of Topliss-reactive ketones (excluding diaryl/α,β-unsaturated/α-hetero) is 1. The molecule has 0 fully saturated rings. The van der Waals surface area contributed by atoms with Crippen LogP contribution in [-0.4, -0.2) is 75.5 Å². The van der Waals surface area contributed by atoms with Crippen molar-refractivity contribution in [3.63, 3.8) is 0 Å². The fraction of sp³-hybridized carbons (Fsp3) is 0.550. The van der Waals surface area contributed by atoms with Crippen LogP contribution in [0.15, 0.2) is 23.3 Å². The highest BCUT2D eigenvalue weighted by Gasteiger charge is 2.12. The molecule has 0 saturated carbocycles. The number of nitrogens with one attached hydrogen (secondary N) is 2. The van der Waals surface area contributed by atoms with Crippen molar-refractivity contribution in [2.75, 3.05) is 68.6 Å². The second kappa shape index (κ2) is 18.1. The number of hydrogen-bond donors (Lipinski definition) is 2. The van der Waals surface area contributed by atoms with Gasteiger partial charge in [-0.1, -0.05) is 5.11 Å². The number of benzene rings is 1. The molecule has 0 radical (unpaired) electrons. The Bertz CT molecular complexity index is 784. The summed E-state index contributed by atoms with van der Waals surface area (Å²) in [6.45, 7) is 2.57. The molecule has 0 spiro atoms. The van der Waals surface area contributed by atoms with Gasteiger partial charge in [0, 0.05) is 41.4 Å². The molecular weight excluding hydrogens is 477 g/mol. The number of carbonyl (C=O) groups excluding carboxylic acids is 3. The van der Waals surface area contributed by atoms with Gasteiger partial charge in [0.1, 0.15) is 11.8 Å². The summed E-state index contributed by atoms with van der Waals surface area (Å²) in [5.41, 5.74) is 9.13. The molecule has 0 heterocycles. The maximum Gasteiger partial charge on any atom is 0.239 e. The molecular formula is C20H27Cl2N5O6. The van der Waals surface area contributed by atoms with E-state index in [1.807, 2.05) is 0 Å². The number of ether oxygens (including phenoxy) is 3. The van der Waals surface area contributed by atoms with E-state index in [-0.39, 0.29) is 30.5 Å². The number of ketones is 1. The van der Waals surface area contributed by atoms with Crippen LogP contribution in [0.4, 0.5) is 11.4 Å². The molecule has 1 aromatic carbocycles. The molecule has 33 heavy (non-hydrogen) atoms. The predicted molar refractivity (Wildman–Crippen MR) is 125 cm³/mol. The Morgan fingerprint density at radius 3 is 1.88 bits per heavy atom.